The number of nitrogens with zero attached hydrogens (tertiary/aromatic N) is 3. The number of hydrogen-bond donors (Lipinski definition) is 0. The highest BCUT2D eigenvalue weighted by Crippen LogP contribution is 2.39. The Balaban J connectivity index is 1.51. The highest BCUT2D eigenvalue weighted by Gasteiger charge is 2.29. The molecule has 1 aromatic heterocycles. The zero-order valence-corrected chi connectivity index (χ0v) is 15.9. The van der Waals surface area contributed by atoms with Crippen molar-refractivity contribution in [3.8, 4) is 5.75 Å². The average Bonchev–Trinajstić information content (AvgIpc) is 3.31. The van der Waals surface area contributed by atoms with Crippen molar-refractivity contribution in [1.82, 2.24) is 14.8 Å². The van der Waals surface area contributed by atoms with Crippen LogP contribution in [0.2, 0.25) is 0 Å². The van der Waals surface area contributed by atoms with Gasteiger partial charge in [0.1, 0.15) is 11.6 Å². The van der Waals surface area contributed by atoms with Gasteiger partial charge in [0.25, 0.3) is 0 Å². The van der Waals surface area contributed by atoms with Crippen LogP contribution in [0.15, 0.2) is 23.4 Å². The molecule has 0 N–H and O–H groups in total. The van der Waals surface area contributed by atoms with E-state index in [0.717, 1.165) is 23.2 Å². The zero-order chi connectivity index (χ0) is 17.1. The Morgan fingerprint density at radius 1 is 1.29 bits per heavy atom. The highest BCUT2D eigenvalue weighted by atomic mass is 32.2. The highest BCUT2D eigenvalue weighted by molar-refractivity contribution is 7.99. The lowest BCUT2D eigenvalue weighted by Gasteiger charge is -2.12. The van der Waals surface area contributed by atoms with Crippen molar-refractivity contribution < 1.29 is 4.74 Å². The van der Waals surface area contributed by atoms with Gasteiger partial charge >= 0.3 is 0 Å². The smallest absolute Gasteiger partial charge is 0.191 e. The van der Waals surface area contributed by atoms with Crippen molar-refractivity contribution in [2.45, 2.75) is 64.1 Å². The summed E-state index contributed by atoms with van der Waals surface area (Å²) in [6.07, 6.45) is 2.52. The molecular weight excluding hydrogens is 318 g/mol. The zero-order valence-electron chi connectivity index (χ0n) is 15.1. The van der Waals surface area contributed by atoms with E-state index in [1.54, 1.807) is 11.8 Å². The van der Waals surface area contributed by atoms with Gasteiger partial charge in [0.2, 0.25) is 0 Å². The van der Waals surface area contributed by atoms with Crippen molar-refractivity contribution in [2.24, 2.45) is 0 Å². The molecule has 0 spiro atoms. The summed E-state index contributed by atoms with van der Waals surface area (Å²) in [4.78, 5) is 0. The first kappa shape index (κ1) is 17.3. The maximum Gasteiger partial charge on any atom is 0.191 e. The average molecular weight is 346 g/mol. The van der Waals surface area contributed by atoms with Crippen LogP contribution in [0.4, 0.5) is 0 Å². The lowest BCUT2D eigenvalue weighted by Crippen LogP contribution is -2.05. The first-order valence-corrected chi connectivity index (χ1v) is 9.88. The van der Waals surface area contributed by atoms with E-state index in [-0.39, 0.29) is 0 Å². The number of thioether (sulfide) groups is 1. The van der Waals surface area contributed by atoms with Crippen LogP contribution < -0.4 is 4.74 Å². The number of aromatic nitrogens is 3. The topological polar surface area (TPSA) is 39.9 Å². The van der Waals surface area contributed by atoms with E-state index < -0.39 is 0 Å². The van der Waals surface area contributed by atoms with Crippen molar-refractivity contribution in [1.29, 1.82) is 0 Å². The Hall–Kier alpha value is -1.49. The monoisotopic (exact) mass is 345 g/mol. The maximum absolute atomic E-state index is 5.91. The fourth-order valence-corrected chi connectivity index (χ4v) is 3.85. The van der Waals surface area contributed by atoms with Gasteiger partial charge in [-0.2, -0.15) is 0 Å². The first-order valence-electron chi connectivity index (χ1n) is 8.89. The lowest BCUT2D eigenvalue weighted by molar-refractivity contribution is 0.343. The van der Waals surface area contributed by atoms with Gasteiger partial charge < -0.3 is 9.30 Å². The van der Waals surface area contributed by atoms with Gasteiger partial charge in [-0.3, -0.25) is 0 Å². The molecule has 0 aliphatic heterocycles. The van der Waals surface area contributed by atoms with Crippen LogP contribution in [-0.4, -0.2) is 27.1 Å². The van der Waals surface area contributed by atoms with Crippen LogP contribution in [0, 0.1) is 6.92 Å². The summed E-state index contributed by atoms with van der Waals surface area (Å²) in [5, 5.41) is 9.76. The van der Waals surface area contributed by atoms with E-state index >= 15 is 0 Å². The molecule has 24 heavy (non-hydrogen) atoms. The standard InChI is InChI=1S/C19H27N3OS/c1-5-22-18(15-6-7-15)20-21-19(22)24-11-10-23-16-8-9-17(13(2)3)14(4)12-16/h8-9,12-13,15H,5-7,10-11H2,1-4H3. The Kier molecular flexibility index (Phi) is 5.49. The molecule has 0 unspecified atom stereocenters. The molecule has 5 heteroatoms. The fourth-order valence-electron chi connectivity index (χ4n) is 3.03. The minimum absolute atomic E-state index is 0.552. The van der Waals surface area contributed by atoms with E-state index in [2.05, 4.69) is 60.7 Å². The molecule has 2 aromatic rings. The minimum atomic E-state index is 0.552. The SMILES string of the molecule is CCn1c(SCCOc2ccc(C(C)C)c(C)c2)nnc1C1CC1. The van der Waals surface area contributed by atoms with Gasteiger partial charge in [-0.25, -0.2) is 0 Å². The van der Waals surface area contributed by atoms with Crippen LogP contribution in [0.3, 0.4) is 0 Å². The van der Waals surface area contributed by atoms with E-state index in [1.165, 1.54) is 29.8 Å². The van der Waals surface area contributed by atoms with Crippen LogP contribution >= 0.6 is 11.8 Å². The molecule has 1 aliphatic carbocycles. The molecule has 0 atom stereocenters. The Morgan fingerprint density at radius 2 is 2.08 bits per heavy atom. The molecule has 1 saturated carbocycles. The van der Waals surface area contributed by atoms with Gasteiger partial charge in [0.15, 0.2) is 5.16 Å². The predicted octanol–water partition coefficient (Wildman–Crippen LogP) is 4.78. The summed E-state index contributed by atoms with van der Waals surface area (Å²) in [5.41, 5.74) is 2.69. The summed E-state index contributed by atoms with van der Waals surface area (Å²) >= 11 is 1.73. The van der Waals surface area contributed by atoms with Gasteiger partial charge in [-0.15, -0.1) is 10.2 Å². The third-order valence-corrected chi connectivity index (χ3v) is 5.38. The van der Waals surface area contributed by atoms with Crippen LogP contribution in [0.1, 0.15) is 62.4 Å². The molecule has 1 aromatic carbocycles. The molecule has 130 valence electrons. The molecule has 0 amide bonds. The van der Waals surface area contributed by atoms with Crippen molar-refractivity contribution in [3.63, 3.8) is 0 Å². The summed E-state index contributed by atoms with van der Waals surface area (Å²) in [5.74, 6) is 4.20. The van der Waals surface area contributed by atoms with E-state index in [4.69, 9.17) is 4.74 Å². The van der Waals surface area contributed by atoms with Crippen molar-refractivity contribution in [3.05, 3.63) is 35.2 Å². The minimum Gasteiger partial charge on any atom is -0.493 e. The second kappa shape index (κ2) is 7.60. The number of aryl methyl sites for hydroxylation is 1. The number of rotatable bonds is 8. The summed E-state index contributed by atoms with van der Waals surface area (Å²) < 4.78 is 8.16. The first-order chi connectivity index (χ1) is 11.6. The maximum atomic E-state index is 5.91. The van der Waals surface area contributed by atoms with Gasteiger partial charge in [0, 0.05) is 18.2 Å². The predicted molar refractivity (Wildman–Crippen MR) is 99.2 cm³/mol. The normalized spacial score (nSPS) is 14.4. The molecule has 0 saturated heterocycles. The number of ether oxygens (including phenoxy) is 1. The molecular formula is C19H27N3OS. The van der Waals surface area contributed by atoms with Crippen molar-refractivity contribution >= 4 is 11.8 Å². The third kappa shape index (κ3) is 3.94. The van der Waals surface area contributed by atoms with E-state index in [9.17, 15) is 0 Å². The number of hydrogen-bond acceptors (Lipinski definition) is 4. The quantitative estimate of drug-likeness (QED) is 0.510. The summed E-state index contributed by atoms with van der Waals surface area (Å²) in [7, 11) is 0. The van der Waals surface area contributed by atoms with Crippen molar-refractivity contribution in [2.75, 3.05) is 12.4 Å². The molecule has 1 fully saturated rings. The second-order valence-corrected chi connectivity index (χ2v) is 7.79. The molecule has 3 rings (SSSR count). The Labute approximate surface area is 149 Å². The van der Waals surface area contributed by atoms with Gasteiger partial charge in [-0.05, 0) is 55.9 Å². The van der Waals surface area contributed by atoms with E-state index in [0.29, 0.717) is 18.4 Å². The molecule has 0 bridgehead atoms. The lowest BCUT2D eigenvalue weighted by atomic mass is 9.98. The fraction of sp³-hybridized carbons (Fsp3) is 0.579. The van der Waals surface area contributed by atoms with Crippen LogP contribution in [0.25, 0.3) is 0 Å². The van der Waals surface area contributed by atoms with Gasteiger partial charge in [0.05, 0.1) is 6.61 Å². The molecule has 4 nitrogen and oxygen atoms in total. The van der Waals surface area contributed by atoms with E-state index in [1.807, 2.05) is 0 Å². The molecule has 1 aliphatic rings. The molecule has 1 heterocycles. The van der Waals surface area contributed by atoms with Gasteiger partial charge in [-0.1, -0.05) is 31.7 Å². The summed E-state index contributed by atoms with van der Waals surface area (Å²) in [6, 6.07) is 6.39. The summed E-state index contributed by atoms with van der Waals surface area (Å²) in [6.45, 7) is 10.4. The Bertz CT molecular complexity index is 692. The number of benzene rings is 1. The second-order valence-electron chi connectivity index (χ2n) is 6.73. The van der Waals surface area contributed by atoms with Crippen LogP contribution in [0.5, 0.6) is 5.75 Å². The largest absolute Gasteiger partial charge is 0.493 e. The van der Waals surface area contributed by atoms with Crippen LogP contribution in [-0.2, 0) is 6.54 Å². The third-order valence-electron chi connectivity index (χ3n) is 4.45. The molecule has 0 radical (unpaired) electrons. The Morgan fingerprint density at radius 3 is 2.71 bits per heavy atom.